The highest BCUT2D eigenvalue weighted by molar-refractivity contribution is 5.70. The number of phenols is 1. The molecule has 0 amide bonds. The minimum atomic E-state index is -0.103. The van der Waals surface area contributed by atoms with Crippen molar-refractivity contribution in [1.29, 1.82) is 0 Å². The van der Waals surface area contributed by atoms with Crippen LogP contribution in [0.3, 0.4) is 0 Å². The molecule has 1 aliphatic rings. The van der Waals surface area contributed by atoms with Gasteiger partial charge in [0.1, 0.15) is 5.75 Å². The molecule has 0 radical (unpaired) electrons. The molecule has 0 spiro atoms. The van der Waals surface area contributed by atoms with Crippen molar-refractivity contribution in [2.45, 2.75) is 73.3 Å². The third-order valence-corrected chi connectivity index (χ3v) is 5.50. The van der Waals surface area contributed by atoms with Crippen LogP contribution >= 0.6 is 0 Å². The van der Waals surface area contributed by atoms with Gasteiger partial charge in [0.2, 0.25) is 0 Å². The first-order valence-corrected chi connectivity index (χ1v) is 8.33. The number of aromatic hydroxyl groups is 1. The van der Waals surface area contributed by atoms with Crippen molar-refractivity contribution in [2.24, 2.45) is 10.8 Å². The topological polar surface area (TPSA) is 23.5 Å². The lowest BCUT2D eigenvalue weighted by Gasteiger charge is -2.52. The first-order valence-electron chi connectivity index (χ1n) is 8.33. The van der Waals surface area contributed by atoms with E-state index in [1.165, 1.54) is 5.69 Å². The Balaban J connectivity index is 2.86. The lowest BCUT2D eigenvalue weighted by molar-refractivity contribution is 0.0614. The van der Waals surface area contributed by atoms with Crippen LogP contribution in [0.15, 0.2) is 18.2 Å². The fraction of sp³-hybridized carbons (Fsp3) is 0.700. The molecular formula is C20H33NO. The molecule has 0 aromatic heterocycles. The summed E-state index contributed by atoms with van der Waals surface area (Å²) in [6, 6.07) is 5.98. The zero-order chi connectivity index (χ0) is 17.1. The van der Waals surface area contributed by atoms with Crippen LogP contribution < -0.4 is 4.90 Å². The van der Waals surface area contributed by atoms with E-state index in [0.717, 1.165) is 12.1 Å². The van der Waals surface area contributed by atoms with Crippen LogP contribution in [0.4, 0.5) is 5.69 Å². The van der Waals surface area contributed by atoms with Crippen LogP contribution in [0.2, 0.25) is 0 Å². The molecule has 0 saturated carbocycles. The molecule has 1 N–H and O–H groups in total. The van der Waals surface area contributed by atoms with Gasteiger partial charge in [-0.05, 0) is 43.7 Å². The highest BCUT2D eigenvalue weighted by Crippen LogP contribution is 2.62. The molecule has 2 nitrogen and oxygen atoms in total. The predicted octanol–water partition coefficient (Wildman–Crippen LogP) is 5.34. The van der Waals surface area contributed by atoms with Crippen molar-refractivity contribution in [1.82, 2.24) is 0 Å². The van der Waals surface area contributed by atoms with E-state index < -0.39 is 0 Å². The van der Waals surface area contributed by atoms with Crippen LogP contribution in [0.25, 0.3) is 0 Å². The van der Waals surface area contributed by atoms with E-state index in [4.69, 9.17) is 0 Å². The van der Waals surface area contributed by atoms with Gasteiger partial charge in [-0.3, -0.25) is 0 Å². The lowest BCUT2D eigenvalue weighted by atomic mass is 9.52. The average Bonchev–Trinajstić information content (AvgIpc) is 2.64. The van der Waals surface area contributed by atoms with Crippen molar-refractivity contribution in [3.63, 3.8) is 0 Å². The number of benzene rings is 1. The van der Waals surface area contributed by atoms with Crippen molar-refractivity contribution in [2.75, 3.05) is 11.4 Å². The summed E-state index contributed by atoms with van der Waals surface area (Å²) in [5.74, 6) is 0.439. The number of fused-ring (bicyclic) bond motifs is 1. The van der Waals surface area contributed by atoms with Gasteiger partial charge in [-0.2, -0.15) is 0 Å². The molecule has 22 heavy (non-hydrogen) atoms. The van der Waals surface area contributed by atoms with Crippen LogP contribution in [0, 0.1) is 10.8 Å². The van der Waals surface area contributed by atoms with Crippen molar-refractivity contribution >= 4 is 5.69 Å². The van der Waals surface area contributed by atoms with Gasteiger partial charge in [0.05, 0.1) is 0 Å². The summed E-state index contributed by atoms with van der Waals surface area (Å²) in [6.07, 6.45) is 0. The van der Waals surface area contributed by atoms with Gasteiger partial charge < -0.3 is 10.0 Å². The molecule has 1 aromatic carbocycles. The Morgan fingerprint density at radius 1 is 0.909 bits per heavy atom. The van der Waals surface area contributed by atoms with E-state index in [1.807, 2.05) is 12.1 Å². The molecule has 0 bridgehead atoms. The fourth-order valence-electron chi connectivity index (χ4n) is 4.54. The number of hydrogen-bond donors (Lipinski definition) is 1. The van der Waals surface area contributed by atoms with Gasteiger partial charge in [0, 0.05) is 28.7 Å². The van der Waals surface area contributed by atoms with E-state index in [0.29, 0.717) is 5.75 Å². The van der Waals surface area contributed by atoms with Crippen LogP contribution in [-0.2, 0) is 5.41 Å². The molecule has 1 heterocycles. The fourth-order valence-corrected chi connectivity index (χ4v) is 4.54. The maximum Gasteiger partial charge on any atom is 0.121 e. The molecule has 124 valence electrons. The first-order chi connectivity index (χ1) is 9.73. The smallest absolute Gasteiger partial charge is 0.121 e. The second-order valence-corrected chi connectivity index (χ2v) is 9.83. The average molecular weight is 303 g/mol. The van der Waals surface area contributed by atoms with Crippen LogP contribution in [0.1, 0.15) is 67.9 Å². The highest BCUT2D eigenvalue weighted by atomic mass is 16.3. The maximum atomic E-state index is 10.8. The van der Waals surface area contributed by atoms with E-state index in [2.05, 4.69) is 73.3 Å². The summed E-state index contributed by atoms with van der Waals surface area (Å²) in [7, 11) is 0. The Bertz CT molecular complexity index is 553. The lowest BCUT2D eigenvalue weighted by Crippen LogP contribution is -2.55. The Labute approximate surface area is 136 Å². The number of rotatable bonds is 0. The summed E-state index contributed by atoms with van der Waals surface area (Å²) in [5, 5.41) is 10.8. The predicted molar refractivity (Wildman–Crippen MR) is 95.8 cm³/mol. The Hall–Kier alpha value is -1.18. The Morgan fingerprint density at radius 2 is 1.41 bits per heavy atom. The number of hydrogen-bond acceptors (Lipinski definition) is 2. The monoisotopic (exact) mass is 303 g/mol. The standard InChI is InChI=1S/C20H33NO/c1-17(2,3)20(18(4,5)6)13-21(19(7,8)9)14-11-10-12-15(22)16(14)20/h10-12,22H,13H2,1-9H3. The van der Waals surface area contributed by atoms with Crippen molar-refractivity contribution in [3.8, 4) is 5.75 Å². The molecule has 0 saturated heterocycles. The van der Waals surface area contributed by atoms with Crippen molar-refractivity contribution in [3.05, 3.63) is 23.8 Å². The van der Waals surface area contributed by atoms with Crippen LogP contribution in [-0.4, -0.2) is 17.2 Å². The summed E-state index contributed by atoms with van der Waals surface area (Å²) in [5.41, 5.74) is 2.33. The summed E-state index contributed by atoms with van der Waals surface area (Å²) < 4.78 is 0. The highest BCUT2D eigenvalue weighted by Gasteiger charge is 2.59. The second-order valence-electron chi connectivity index (χ2n) is 9.83. The molecule has 2 rings (SSSR count). The zero-order valence-electron chi connectivity index (χ0n) is 15.8. The number of phenolic OH excluding ortho intramolecular Hbond substituents is 1. The van der Waals surface area contributed by atoms with Crippen molar-refractivity contribution < 1.29 is 5.11 Å². The van der Waals surface area contributed by atoms with E-state index in [-0.39, 0.29) is 21.8 Å². The SMILES string of the molecule is CC(C)(C)N1CC(C(C)(C)C)(C(C)(C)C)c2c(O)cccc21. The van der Waals surface area contributed by atoms with Gasteiger partial charge in [-0.1, -0.05) is 47.6 Å². The first kappa shape index (κ1) is 17.2. The normalized spacial score (nSPS) is 18.5. The molecule has 0 aliphatic carbocycles. The Morgan fingerprint density at radius 3 is 1.82 bits per heavy atom. The molecule has 0 unspecified atom stereocenters. The number of anilines is 1. The minimum absolute atomic E-state index is 0.0286. The zero-order valence-corrected chi connectivity index (χ0v) is 15.8. The Kier molecular flexibility index (Phi) is 3.64. The van der Waals surface area contributed by atoms with Gasteiger partial charge in [0.15, 0.2) is 0 Å². The van der Waals surface area contributed by atoms with Crippen LogP contribution in [0.5, 0.6) is 5.75 Å². The third-order valence-electron chi connectivity index (χ3n) is 5.50. The van der Waals surface area contributed by atoms with Gasteiger partial charge in [-0.25, -0.2) is 0 Å². The van der Waals surface area contributed by atoms with E-state index in [1.54, 1.807) is 0 Å². The third kappa shape index (κ3) is 2.23. The van der Waals surface area contributed by atoms with Gasteiger partial charge in [0.25, 0.3) is 0 Å². The van der Waals surface area contributed by atoms with Gasteiger partial charge >= 0.3 is 0 Å². The minimum Gasteiger partial charge on any atom is -0.508 e. The second kappa shape index (κ2) is 4.66. The molecule has 2 heteroatoms. The molecule has 0 atom stereocenters. The summed E-state index contributed by atoms with van der Waals surface area (Å²) in [6.45, 7) is 21.5. The molecule has 0 fully saturated rings. The molecule has 1 aromatic rings. The summed E-state index contributed by atoms with van der Waals surface area (Å²) in [4.78, 5) is 2.47. The van der Waals surface area contributed by atoms with E-state index in [9.17, 15) is 5.11 Å². The quantitative estimate of drug-likeness (QED) is 0.699. The molecule has 1 aliphatic heterocycles. The van der Waals surface area contributed by atoms with E-state index >= 15 is 0 Å². The summed E-state index contributed by atoms with van der Waals surface area (Å²) >= 11 is 0. The largest absolute Gasteiger partial charge is 0.508 e. The maximum absolute atomic E-state index is 10.8. The molecular weight excluding hydrogens is 270 g/mol. The number of nitrogens with zero attached hydrogens (tertiary/aromatic N) is 1. The van der Waals surface area contributed by atoms with Gasteiger partial charge in [-0.15, -0.1) is 0 Å².